The first-order chi connectivity index (χ1) is 8.79. The smallest absolute Gasteiger partial charge is 0.161 e. The SMILES string of the molecule is CC[C@@H]1C2=C(C(C)C)C(=O)C[C@]2(N)CC[C@@]1(C)CC. The van der Waals surface area contributed by atoms with Crippen LogP contribution in [0.3, 0.4) is 0 Å². The molecule has 3 atom stereocenters. The van der Waals surface area contributed by atoms with Gasteiger partial charge in [-0.15, -0.1) is 0 Å². The Kier molecular flexibility index (Phi) is 3.68. The van der Waals surface area contributed by atoms with Crippen LogP contribution in [-0.2, 0) is 4.79 Å². The summed E-state index contributed by atoms with van der Waals surface area (Å²) in [5.74, 6) is 1.10. The fourth-order valence-electron chi connectivity index (χ4n) is 4.44. The Hall–Kier alpha value is -0.630. The summed E-state index contributed by atoms with van der Waals surface area (Å²) in [5, 5.41) is 0. The molecule has 2 aliphatic rings. The second kappa shape index (κ2) is 4.73. The number of allylic oxidation sites excluding steroid dienone is 1. The third kappa shape index (κ3) is 2.08. The molecule has 0 aromatic heterocycles. The van der Waals surface area contributed by atoms with Crippen LogP contribution in [0.15, 0.2) is 11.1 Å². The van der Waals surface area contributed by atoms with Crippen molar-refractivity contribution in [3.8, 4) is 0 Å². The van der Waals surface area contributed by atoms with Crippen molar-refractivity contribution < 1.29 is 4.79 Å². The third-order valence-electron chi connectivity index (χ3n) is 5.73. The van der Waals surface area contributed by atoms with Gasteiger partial charge in [-0.05, 0) is 47.7 Å². The topological polar surface area (TPSA) is 43.1 Å². The average Bonchev–Trinajstić information content (AvgIpc) is 2.61. The monoisotopic (exact) mass is 263 g/mol. The maximum atomic E-state index is 12.4. The molecule has 0 amide bonds. The van der Waals surface area contributed by atoms with E-state index in [1.807, 2.05) is 0 Å². The lowest BCUT2D eigenvalue weighted by atomic mass is 9.57. The van der Waals surface area contributed by atoms with Gasteiger partial charge in [0.25, 0.3) is 0 Å². The van der Waals surface area contributed by atoms with Crippen molar-refractivity contribution in [3.05, 3.63) is 11.1 Å². The number of ketones is 1. The Labute approximate surface area is 117 Å². The molecule has 2 nitrogen and oxygen atoms in total. The summed E-state index contributed by atoms with van der Waals surface area (Å²) in [6, 6.07) is 0. The summed E-state index contributed by atoms with van der Waals surface area (Å²) in [5.41, 5.74) is 9.02. The minimum atomic E-state index is -0.327. The van der Waals surface area contributed by atoms with Crippen molar-refractivity contribution in [3.63, 3.8) is 0 Å². The van der Waals surface area contributed by atoms with Crippen molar-refractivity contribution >= 4 is 5.78 Å². The lowest BCUT2D eigenvalue weighted by Gasteiger charge is -2.49. The van der Waals surface area contributed by atoms with Gasteiger partial charge in [0.1, 0.15) is 0 Å². The van der Waals surface area contributed by atoms with E-state index in [1.165, 1.54) is 12.0 Å². The molecule has 0 saturated heterocycles. The number of nitrogens with two attached hydrogens (primary N) is 1. The molecule has 2 rings (SSSR count). The van der Waals surface area contributed by atoms with Crippen molar-refractivity contribution in [1.29, 1.82) is 0 Å². The van der Waals surface area contributed by atoms with E-state index in [1.54, 1.807) is 0 Å². The molecule has 1 saturated carbocycles. The van der Waals surface area contributed by atoms with Crippen LogP contribution < -0.4 is 5.73 Å². The van der Waals surface area contributed by atoms with Gasteiger partial charge < -0.3 is 5.73 Å². The zero-order valence-electron chi connectivity index (χ0n) is 13.2. The normalized spacial score (nSPS) is 39.1. The molecule has 0 unspecified atom stereocenters. The molecule has 0 radical (unpaired) electrons. The van der Waals surface area contributed by atoms with Crippen LogP contribution in [0.4, 0.5) is 0 Å². The van der Waals surface area contributed by atoms with Gasteiger partial charge >= 0.3 is 0 Å². The van der Waals surface area contributed by atoms with E-state index in [2.05, 4.69) is 34.6 Å². The Balaban J connectivity index is 2.58. The van der Waals surface area contributed by atoms with Gasteiger partial charge in [0, 0.05) is 12.0 Å². The van der Waals surface area contributed by atoms with E-state index in [9.17, 15) is 4.79 Å². The van der Waals surface area contributed by atoms with Crippen LogP contribution in [0, 0.1) is 17.3 Å². The second-order valence-corrected chi connectivity index (χ2v) is 7.21. The van der Waals surface area contributed by atoms with E-state index >= 15 is 0 Å². The molecule has 2 aliphatic carbocycles. The number of carbonyl (C=O) groups excluding carboxylic acids is 1. The molecule has 0 spiro atoms. The van der Waals surface area contributed by atoms with Crippen LogP contribution in [-0.4, -0.2) is 11.3 Å². The largest absolute Gasteiger partial charge is 0.321 e. The van der Waals surface area contributed by atoms with Crippen molar-refractivity contribution in [2.75, 3.05) is 0 Å². The first-order valence-corrected chi connectivity index (χ1v) is 7.85. The summed E-state index contributed by atoms with van der Waals surface area (Å²) in [6.45, 7) is 11.2. The number of hydrogen-bond donors (Lipinski definition) is 1. The minimum Gasteiger partial charge on any atom is -0.321 e. The van der Waals surface area contributed by atoms with Crippen molar-refractivity contribution in [2.24, 2.45) is 23.0 Å². The lowest BCUT2D eigenvalue weighted by molar-refractivity contribution is -0.115. The maximum Gasteiger partial charge on any atom is 0.161 e. The number of carbonyl (C=O) groups is 1. The van der Waals surface area contributed by atoms with Crippen LogP contribution in [0.2, 0.25) is 0 Å². The minimum absolute atomic E-state index is 0.307. The quantitative estimate of drug-likeness (QED) is 0.840. The summed E-state index contributed by atoms with van der Waals surface area (Å²) in [6.07, 6.45) is 4.95. The molecule has 0 aromatic rings. The molecule has 19 heavy (non-hydrogen) atoms. The highest BCUT2D eigenvalue weighted by atomic mass is 16.1. The predicted octanol–water partition coefficient (Wildman–Crippen LogP) is 3.85. The van der Waals surface area contributed by atoms with Gasteiger partial charge in [0.2, 0.25) is 0 Å². The number of rotatable bonds is 3. The van der Waals surface area contributed by atoms with E-state index in [4.69, 9.17) is 5.73 Å². The number of Topliss-reactive ketones (excluding diaryl/α,β-unsaturated/α-hetero) is 1. The molecule has 2 N–H and O–H groups in total. The Morgan fingerprint density at radius 2 is 1.95 bits per heavy atom. The zero-order valence-corrected chi connectivity index (χ0v) is 13.2. The molecular formula is C17H29NO. The molecule has 2 heteroatoms. The molecule has 1 fully saturated rings. The average molecular weight is 263 g/mol. The van der Waals surface area contributed by atoms with Gasteiger partial charge in [-0.3, -0.25) is 4.79 Å². The highest BCUT2D eigenvalue weighted by Gasteiger charge is 2.53. The molecule has 108 valence electrons. The van der Waals surface area contributed by atoms with Crippen molar-refractivity contribution in [1.82, 2.24) is 0 Å². The van der Waals surface area contributed by atoms with Gasteiger partial charge in [-0.25, -0.2) is 0 Å². The Bertz CT molecular complexity index is 423. The van der Waals surface area contributed by atoms with Crippen molar-refractivity contribution in [2.45, 2.75) is 72.3 Å². The van der Waals surface area contributed by atoms with Crippen LogP contribution in [0.5, 0.6) is 0 Å². The lowest BCUT2D eigenvalue weighted by Crippen LogP contribution is -2.50. The van der Waals surface area contributed by atoms with Gasteiger partial charge in [-0.2, -0.15) is 0 Å². The van der Waals surface area contributed by atoms with Gasteiger partial charge in [-0.1, -0.05) is 41.0 Å². The molecular weight excluding hydrogens is 234 g/mol. The fraction of sp³-hybridized carbons (Fsp3) is 0.824. The molecule has 0 heterocycles. The zero-order chi connectivity index (χ0) is 14.4. The van der Waals surface area contributed by atoms with E-state index in [0.29, 0.717) is 29.5 Å². The van der Waals surface area contributed by atoms with Gasteiger partial charge in [0.05, 0.1) is 0 Å². The van der Waals surface area contributed by atoms with Crippen LogP contribution >= 0.6 is 0 Å². The molecule has 0 aromatic carbocycles. The summed E-state index contributed by atoms with van der Waals surface area (Å²) in [7, 11) is 0. The highest BCUT2D eigenvalue weighted by molar-refractivity contribution is 6.01. The van der Waals surface area contributed by atoms with Gasteiger partial charge in [0.15, 0.2) is 5.78 Å². The van der Waals surface area contributed by atoms with E-state index in [0.717, 1.165) is 24.8 Å². The second-order valence-electron chi connectivity index (χ2n) is 7.21. The Morgan fingerprint density at radius 3 is 2.42 bits per heavy atom. The van der Waals surface area contributed by atoms with E-state index in [-0.39, 0.29) is 5.54 Å². The summed E-state index contributed by atoms with van der Waals surface area (Å²) < 4.78 is 0. The van der Waals surface area contributed by atoms with Crippen LogP contribution in [0.25, 0.3) is 0 Å². The third-order valence-corrected chi connectivity index (χ3v) is 5.73. The Morgan fingerprint density at radius 1 is 1.32 bits per heavy atom. The standard InChI is InChI=1S/C17H29NO/c1-6-12-15-14(11(3)4)13(19)10-17(15,18)9-8-16(12,5)7-2/h11-12H,6-10,18H2,1-5H3/t12-,16-,17-/m1/s1. The first kappa shape index (κ1) is 14.8. The summed E-state index contributed by atoms with van der Waals surface area (Å²) >= 11 is 0. The van der Waals surface area contributed by atoms with E-state index < -0.39 is 0 Å². The number of hydrogen-bond acceptors (Lipinski definition) is 2. The first-order valence-electron chi connectivity index (χ1n) is 7.85. The fourth-order valence-corrected chi connectivity index (χ4v) is 4.44. The van der Waals surface area contributed by atoms with Crippen LogP contribution in [0.1, 0.15) is 66.7 Å². The summed E-state index contributed by atoms with van der Waals surface area (Å²) in [4.78, 5) is 12.4. The molecule has 0 bridgehead atoms. The predicted molar refractivity (Wildman–Crippen MR) is 79.8 cm³/mol. The maximum absolute atomic E-state index is 12.4. The number of fused-ring (bicyclic) bond motifs is 1. The highest BCUT2D eigenvalue weighted by Crippen LogP contribution is 2.56. The molecule has 0 aliphatic heterocycles.